The smallest absolute Gasteiger partial charge is 0.313 e. The molecular weight excluding hydrogens is 358 g/mol. The zero-order valence-electron chi connectivity index (χ0n) is 13.5. The molecule has 3 aromatic rings. The molecule has 0 radical (unpaired) electrons. The lowest BCUT2D eigenvalue weighted by Crippen LogP contribution is -2.11. The summed E-state index contributed by atoms with van der Waals surface area (Å²) in [5, 5.41) is 18.6. The highest BCUT2D eigenvalue weighted by atomic mass is 35.5. The van der Waals surface area contributed by atoms with Crippen LogP contribution >= 0.6 is 23.4 Å². The molecule has 0 saturated heterocycles. The van der Waals surface area contributed by atoms with Gasteiger partial charge >= 0.3 is 5.97 Å². The minimum atomic E-state index is -0.897. The van der Waals surface area contributed by atoms with Gasteiger partial charge in [-0.25, -0.2) is 0 Å². The first-order valence-corrected chi connectivity index (χ1v) is 9.03. The molecule has 0 bridgehead atoms. The van der Waals surface area contributed by atoms with Gasteiger partial charge in [-0.3, -0.25) is 9.36 Å². The first kappa shape index (κ1) is 17.5. The van der Waals surface area contributed by atoms with Crippen molar-refractivity contribution in [3.63, 3.8) is 0 Å². The Morgan fingerprint density at radius 1 is 1.16 bits per heavy atom. The molecule has 2 aromatic carbocycles. The SMILES string of the molecule is C[C@@H](c1ccccc1)n1c(SCC(=O)O)nnc1-c1ccccc1Cl. The molecule has 7 heteroatoms. The van der Waals surface area contributed by atoms with Crippen molar-refractivity contribution in [1.29, 1.82) is 0 Å². The summed E-state index contributed by atoms with van der Waals surface area (Å²) in [6, 6.07) is 17.3. The van der Waals surface area contributed by atoms with Crippen LogP contribution in [0.1, 0.15) is 18.5 Å². The third-order valence-corrected chi connectivity index (χ3v) is 5.03. The van der Waals surface area contributed by atoms with Crippen LogP contribution in [0.15, 0.2) is 59.8 Å². The predicted octanol–water partition coefficient (Wildman–Crippen LogP) is 4.38. The minimum absolute atomic E-state index is 0.0706. The van der Waals surface area contributed by atoms with E-state index >= 15 is 0 Å². The zero-order valence-corrected chi connectivity index (χ0v) is 15.0. The largest absolute Gasteiger partial charge is 0.481 e. The van der Waals surface area contributed by atoms with Crippen LogP contribution in [-0.2, 0) is 4.79 Å². The summed E-state index contributed by atoms with van der Waals surface area (Å²) in [4.78, 5) is 11.0. The molecule has 128 valence electrons. The molecule has 1 atom stereocenters. The van der Waals surface area contributed by atoms with Crippen molar-refractivity contribution in [2.24, 2.45) is 0 Å². The second kappa shape index (κ2) is 7.72. The number of rotatable bonds is 6. The van der Waals surface area contributed by atoms with E-state index < -0.39 is 5.97 Å². The molecule has 0 amide bonds. The summed E-state index contributed by atoms with van der Waals surface area (Å²) >= 11 is 7.48. The van der Waals surface area contributed by atoms with Crippen molar-refractivity contribution >= 4 is 29.3 Å². The standard InChI is InChI=1S/C18H16ClN3O2S/c1-12(13-7-3-2-4-8-13)22-17(14-9-5-6-10-15(14)19)20-21-18(22)25-11-16(23)24/h2-10,12H,11H2,1H3,(H,23,24)/t12-/m0/s1. The molecule has 1 aromatic heterocycles. The van der Waals surface area contributed by atoms with Crippen LogP contribution in [0.3, 0.4) is 0 Å². The summed E-state index contributed by atoms with van der Waals surface area (Å²) in [6.45, 7) is 2.03. The highest BCUT2D eigenvalue weighted by Crippen LogP contribution is 2.33. The van der Waals surface area contributed by atoms with Gasteiger partial charge in [0.05, 0.1) is 16.8 Å². The summed E-state index contributed by atoms with van der Waals surface area (Å²) in [5.74, 6) is -0.358. The Bertz CT molecular complexity index is 883. The Hall–Kier alpha value is -2.31. The van der Waals surface area contributed by atoms with Crippen molar-refractivity contribution in [3.05, 3.63) is 65.2 Å². The van der Waals surface area contributed by atoms with Crippen LogP contribution in [-0.4, -0.2) is 31.6 Å². The summed E-state index contributed by atoms with van der Waals surface area (Å²) in [5.41, 5.74) is 1.84. The molecule has 5 nitrogen and oxygen atoms in total. The monoisotopic (exact) mass is 373 g/mol. The zero-order chi connectivity index (χ0) is 17.8. The molecule has 0 aliphatic rings. The lowest BCUT2D eigenvalue weighted by Gasteiger charge is -2.18. The van der Waals surface area contributed by atoms with Crippen LogP contribution in [0.25, 0.3) is 11.4 Å². The van der Waals surface area contributed by atoms with Gasteiger partial charge in [-0.2, -0.15) is 0 Å². The highest BCUT2D eigenvalue weighted by Gasteiger charge is 2.22. The Kier molecular flexibility index (Phi) is 5.40. The second-order valence-corrected chi connectivity index (χ2v) is 6.77. The number of aliphatic carboxylic acids is 1. The van der Waals surface area contributed by atoms with Gasteiger partial charge in [-0.05, 0) is 24.6 Å². The topological polar surface area (TPSA) is 68.0 Å². The molecule has 25 heavy (non-hydrogen) atoms. The van der Waals surface area contributed by atoms with Gasteiger partial charge in [-0.1, -0.05) is 65.8 Å². The Morgan fingerprint density at radius 3 is 2.52 bits per heavy atom. The number of carboxylic acid groups (broad SMARTS) is 1. The maximum absolute atomic E-state index is 11.0. The van der Waals surface area contributed by atoms with E-state index in [4.69, 9.17) is 16.7 Å². The number of nitrogens with zero attached hydrogens (tertiary/aromatic N) is 3. The van der Waals surface area contributed by atoms with E-state index in [2.05, 4.69) is 10.2 Å². The number of carbonyl (C=O) groups is 1. The van der Waals surface area contributed by atoms with E-state index in [1.165, 1.54) is 0 Å². The van der Waals surface area contributed by atoms with Gasteiger partial charge in [0.2, 0.25) is 0 Å². The van der Waals surface area contributed by atoms with Gasteiger partial charge in [0, 0.05) is 5.56 Å². The van der Waals surface area contributed by atoms with Crippen molar-refractivity contribution in [2.75, 3.05) is 5.75 Å². The van der Waals surface area contributed by atoms with E-state index in [9.17, 15) is 4.79 Å². The van der Waals surface area contributed by atoms with Crippen molar-refractivity contribution in [3.8, 4) is 11.4 Å². The van der Waals surface area contributed by atoms with Gasteiger partial charge in [0.1, 0.15) is 0 Å². The van der Waals surface area contributed by atoms with E-state index in [0.29, 0.717) is 16.0 Å². The van der Waals surface area contributed by atoms with Gasteiger partial charge in [0.25, 0.3) is 0 Å². The molecule has 0 saturated carbocycles. The summed E-state index contributed by atoms with van der Waals surface area (Å²) in [6.07, 6.45) is 0. The van der Waals surface area contributed by atoms with Gasteiger partial charge < -0.3 is 5.11 Å². The molecule has 0 aliphatic heterocycles. The third-order valence-electron chi connectivity index (χ3n) is 3.77. The molecule has 0 aliphatic carbocycles. The quantitative estimate of drug-likeness (QED) is 0.649. The predicted molar refractivity (Wildman–Crippen MR) is 99.1 cm³/mol. The third kappa shape index (κ3) is 3.86. The van der Waals surface area contributed by atoms with E-state index in [-0.39, 0.29) is 11.8 Å². The maximum Gasteiger partial charge on any atom is 0.313 e. The van der Waals surface area contributed by atoms with Crippen LogP contribution in [0, 0.1) is 0 Å². The molecule has 0 unspecified atom stereocenters. The normalized spacial score (nSPS) is 12.1. The molecule has 1 N–H and O–H groups in total. The van der Waals surface area contributed by atoms with Gasteiger partial charge in [-0.15, -0.1) is 10.2 Å². The average molecular weight is 374 g/mol. The van der Waals surface area contributed by atoms with E-state index in [1.54, 1.807) is 6.07 Å². The van der Waals surface area contributed by atoms with Gasteiger partial charge in [0.15, 0.2) is 11.0 Å². The van der Waals surface area contributed by atoms with Crippen LogP contribution in [0.5, 0.6) is 0 Å². The fourth-order valence-electron chi connectivity index (χ4n) is 2.56. The van der Waals surface area contributed by atoms with Crippen molar-refractivity contribution in [1.82, 2.24) is 14.8 Å². The highest BCUT2D eigenvalue weighted by molar-refractivity contribution is 7.99. The fourth-order valence-corrected chi connectivity index (χ4v) is 3.51. The number of aromatic nitrogens is 3. The average Bonchev–Trinajstić information content (AvgIpc) is 3.04. The van der Waals surface area contributed by atoms with Crippen LogP contribution < -0.4 is 0 Å². The van der Waals surface area contributed by atoms with Crippen LogP contribution in [0.2, 0.25) is 5.02 Å². The van der Waals surface area contributed by atoms with E-state index in [1.807, 2.05) is 60.0 Å². The lowest BCUT2D eigenvalue weighted by molar-refractivity contribution is -0.133. The minimum Gasteiger partial charge on any atom is -0.481 e. The van der Waals surface area contributed by atoms with Crippen molar-refractivity contribution < 1.29 is 9.90 Å². The molecule has 1 heterocycles. The Labute approximate surface area is 154 Å². The summed E-state index contributed by atoms with van der Waals surface area (Å²) < 4.78 is 1.93. The molecule has 0 spiro atoms. The number of halogens is 1. The lowest BCUT2D eigenvalue weighted by atomic mass is 10.1. The number of benzene rings is 2. The van der Waals surface area contributed by atoms with Crippen LogP contribution in [0.4, 0.5) is 0 Å². The molecular formula is C18H16ClN3O2S. The first-order valence-electron chi connectivity index (χ1n) is 7.67. The number of carboxylic acids is 1. The van der Waals surface area contributed by atoms with Crippen molar-refractivity contribution in [2.45, 2.75) is 18.1 Å². The number of thioether (sulfide) groups is 1. The van der Waals surface area contributed by atoms with E-state index in [0.717, 1.165) is 22.9 Å². The fraction of sp³-hybridized carbons (Fsp3) is 0.167. The summed E-state index contributed by atoms with van der Waals surface area (Å²) in [7, 11) is 0. The number of hydrogen-bond donors (Lipinski definition) is 1. The second-order valence-electron chi connectivity index (χ2n) is 5.43. The first-order chi connectivity index (χ1) is 12.1. The molecule has 0 fully saturated rings. The Morgan fingerprint density at radius 2 is 1.84 bits per heavy atom. The number of hydrogen-bond acceptors (Lipinski definition) is 4. The molecule has 3 rings (SSSR count). The maximum atomic E-state index is 11.0. The Balaban J connectivity index is 2.10.